The molecule has 0 aromatic heterocycles. The van der Waals surface area contributed by atoms with Crippen LogP contribution < -0.4 is 10.6 Å². The first kappa shape index (κ1) is 16.1. The maximum absolute atomic E-state index is 12.2. The van der Waals surface area contributed by atoms with Gasteiger partial charge in [0, 0.05) is 37.7 Å². The minimum absolute atomic E-state index is 0.126. The third-order valence-corrected chi connectivity index (χ3v) is 4.51. The second kappa shape index (κ2) is 7.15. The molecule has 0 spiro atoms. The normalized spacial score (nSPS) is 18.1. The van der Waals surface area contributed by atoms with Gasteiger partial charge in [0.05, 0.1) is 16.8 Å². The van der Waals surface area contributed by atoms with E-state index in [0.717, 1.165) is 18.1 Å². The Kier molecular flexibility index (Phi) is 5.50. The molecule has 1 fully saturated rings. The molecular formula is C14H18ClN3O2S. The summed E-state index contributed by atoms with van der Waals surface area (Å²) in [6, 6.07) is 4.65. The quantitative estimate of drug-likeness (QED) is 0.887. The van der Waals surface area contributed by atoms with Crippen molar-refractivity contribution in [3.8, 4) is 0 Å². The van der Waals surface area contributed by atoms with Crippen LogP contribution in [0.4, 0.5) is 5.69 Å². The number of thioether (sulfide) groups is 1. The van der Waals surface area contributed by atoms with E-state index in [1.165, 1.54) is 4.90 Å². The van der Waals surface area contributed by atoms with E-state index in [4.69, 9.17) is 11.6 Å². The molecule has 2 rings (SSSR count). The Morgan fingerprint density at radius 2 is 2.19 bits per heavy atom. The summed E-state index contributed by atoms with van der Waals surface area (Å²) < 4.78 is 0. The van der Waals surface area contributed by atoms with Crippen molar-refractivity contribution < 1.29 is 9.59 Å². The zero-order valence-electron chi connectivity index (χ0n) is 12.0. The van der Waals surface area contributed by atoms with Gasteiger partial charge in [0.25, 0.3) is 5.91 Å². The lowest BCUT2D eigenvalue weighted by molar-refractivity contribution is -0.117. The number of hydrogen-bond donors (Lipinski definition) is 2. The van der Waals surface area contributed by atoms with E-state index >= 15 is 0 Å². The van der Waals surface area contributed by atoms with Crippen molar-refractivity contribution in [1.82, 2.24) is 10.2 Å². The van der Waals surface area contributed by atoms with Crippen LogP contribution in [0.2, 0.25) is 5.02 Å². The SMILES string of the molecule is CN(C)C(=O)c1ccc(Cl)c(NC(=O)C2CSCCN2)c1. The van der Waals surface area contributed by atoms with Crippen molar-refractivity contribution in [2.75, 3.05) is 37.5 Å². The summed E-state index contributed by atoms with van der Waals surface area (Å²) >= 11 is 7.84. The molecule has 1 aliphatic rings. The minimum Gasteiger partial charge on any atom is -0.345 e. The Morgan fingerprint density at radius 3 is 2.81 bits per heavy atom. The molecule has 0 bridgehead atoms. The molecule has 0 aliphatic carbocycles. The van der Waals surface area contributed by atoms with Gasteiger partial charge in [-0.25, -0.2) is 0 Å². The number of hydrogen-bond acceptors (Lipinski definition) is 4. The summed E-state index contributed by atoms with van der Waals surface area (Å²) in [4.78, 5) is 25.6. The summed E-state index contributed by atoms with van der Waals surface area (Å²) in [5.41, 5.74) is 0.956. The molecule has 1 aromatic rings. The molecule has 1 heterocycles. The first-order valence-corrected chi connectivity index (χ1v) is 8.15. The molecule has 2 N–H and O–H groups in total. The molecule has 21 heavy (non-hydrogen) atoms. The maximum atomic E-state index is 12.2. The third-order valence-electron chi connectivity index (χ3n) is 3.12. The molecule has 7 heteroatoms. The Hall–Kier alpha value is -1.24. The molecular weight excluding hydrogens is 310 g/mol. The zero-order valence-corrected chi connectivity index (χ0v) is 13.6. The standard InChI is InChI=1S/C14H18ClN3O2S/c1-18(2)14(20)9-3-4-10(15)11(7-9)17-13(19)12-8-21-6-5-16-12/h3-4,7,12,16H,5-6,8H2,1-2H3,(H,17,19). The van der Waals surface area contributed by atoms with Crippen LogP contribution in [0.3, 0.4) is 0 Å². The van der Waals surface area contributed by atoms with Gasteiger partial charge in [-0.15, -0.1) is 0 Å². The first-order chi connectivity index (χ1) is 9.99. The highest BCUT2D eigenvalue weighted by atomic mass is 35.5. The Morgan fingerprint density at radius 1 is 1.43 bits per heavy atom. The van der Waals surface area contributed by atoms with Crippen LogP contribution in [-0.2, 0) is 4.79 Å². The largest absolute Gasteiger partial charge is 0.345 e. The van der Waals surface area contributed by atoms with Gasteiger partial charge in [0.1, 0.15) is 0 Å². The molecule has 5 nitrogen and oxygen atoms in total. The molecule has 1 unspecified atom stereocenters. The molecule has 1 atom stereocenters. The average molecular weight is 328 g/mol. The van der Waals surface area contributed by atoms with Gasteiger partial charge in [-0.2, -0.15) is 11.8 Å². The van der Waals surface area contributed by atoms with Gasteiger partial charge in [0.2, 0.25) is 5.91 Å². The van der Waals surface area contributed by atoms with Crippen molar-refractivity contribution in [1.29, 1.82) is 0 Å². The molecule has 1 aromatic carbocycles. The number of nitrogens with one attached hydrogen (secondary N) is 2. The number of anilines is 1. The van der Waals surface area contributed by atoms with Gasteiger partial charge in [0.15, 0.2) is 0 Å². The summed E-state index contributed by atoms with van der Waals surface area (Å²) in [7, 11) is 3.36. The van der Waals surface area contributed by atoms with Gasteiger partial charge >= 0.3 is 0 Å². The lowest BCUT2D eigenvalue weighted by Gasteiger charge is -2.22. The molecule has 2 amide bonds. The van der Waals surface area contributed by atoms with Gasteiger partial charge in [-0.3, -0.25) is 9.59 Å². The van der Waals surface area contributed by atoms with E-state index in [1.54, 1.807) is 44.1 Å². The zero-order chi connectivity index (χ0) is 15.4. The number of carbonyl (C=O) groups is 2. The topological polar surface area (TPSA) is 61.4 Å². The molecule has 0 saturated carbocycles. The van der Waals surface area contributed by atoms with Crippen LogP contribution in [0.5, 0.6) is 0 Å². The van der Waals surface area contributed by atoms with Gasteiger partial charge in [-0.1, -0.05) is 11.6 Å². The molecule has 114 valence electrons. The fourth-order valence-electron chi connectivity index (χ4n) is 1.97. The number of amides is 2. The van der Waals surface area contributed by atoms with Gasteiger partial charge < -0.3 is 15.5 Å². The van der Waals surface area contributed by atoms with E-state index < -0.39 is 0 Å². The van der Waals surface area contributed by atoms with Crippen LogP contribution in [0.1, 0.15) is 10.4 Å². The van der Waals surface area contributed by atoms with E-state index in [2.05, 4.69) is 10.6 Å². The van der Waals surface area contributed by atoms with Crippen LogP contribution in [0.25, 0.3) is 0 Å². The second-order valence-electron chi connectivity index (χ2n) is 4.97. The van der Waals surface area contributed by atoms with E-state index in [-0.39, 0.29) is 17.9 Å². The number of nitrogens with zero attached hydrogens (tertiary/aromatic N) is 1. The van der Waals surface area contributed by atoms with Crippen LogP contribution in [0.15, 0.2) is 18.2 Å². The minimum atomic E-state index is -0.229. The monoisotopic (exact) mass is 327 g/mol. The number of benzene rings is 1. The van der Waals surface area contributed by atoms with Crippen molar-refractivity contribution in [3.05, 3.63) is 28.8 Å². The van der Waals surface area contributed by atoms with Crippen LogP contribution in [-0.4, -0.2) is 54.9 Å². The predicted molar refractivity (Wildman–Crippen MR) is 87.2 cm³/mol. The Labute approximate surface area is 133 Å². The molecule has 1 saturated heterocycles. The first-order valence-electron chi connectivity index (χ1n) is 6.62. The van der Waals surface area contributed by atoms with Crippen LogP contribution >= 0.6 is 23.4 Å². The van der Waals surface area contributed by atoms with Crippen molar-refractivity contribution in [2.24, 2.45) is 0 Å². The van der Waals surface area contributed by atoms with Crippen molar-refractivity contribution in [3.63, 3.8) is 0 Å². The smallest absolute Gasteiger partial charge is 0.253 e. The van der Waals surface area contributed by atoms with Crippen LogP contribution in [0, 0.1) is 0 Å². The lowest BCUT2D eigenvalue weighted by Crippen LogP contribution is -2.46. The average Bonchev–Trinajstić information content (AvgIpc) is 2.49. The highest BCUT2D eigenvalue weighted by molar-refractivity contribution is 7.99. The number of halogens is 1. The van der Waals surface area contributed by atoms with E-state index in [0.29, 0.717) is 16.3 Å². The highest BCUT2D eigenvalue weighted by Crippen LogP contribution is 2.24. The molecule has 0 radical (unpaired) electrons. The summed E-state index contributed by atoms with van der Waals surface area (Å²) in [5.74, 6) is 1.49. The Bertz CT molecular complexity index is 545. The highest BCUT2D eigenvalue weighted by Gasteiger charge is 2.22. The fourth-order valence-corrected chi connectivity index (χ4v) is 3.06. The predicted octanol–water partition coefficient (Wildman–Crippen LogP) is 1.69. The number of rotatable bonds is 3. The summed E-state index contributed by atoms with van der Waals surface area (Å²) in [6.07, 6.45) is 0. The second-order valence-corrected chi connectivity index (χ2v) is 6.52. The fraction of sp³-hybridized carbons (Fsp3) is 0.429. The Balaban J connectivity index is 2.13. The van der Waals surface area contributed by atoms with E-state index in [9.17, 15) is 9.59 Å². The maximum Gasteiger partial charge on any atom is 0.253 e. The number of carbonyl (C=O) groups excluding carboxylic acids is 2. The van der Waals surface area contributed by atoms with Crippen molar-refractivity contribution in [2.45, 2.75) is 6.04 Å². The van der Waals surface area contributed by atoms with Gasteiger partial charge in [-0.05, 0) is 18.2 Å². The van der Waals surface area contributed by atoms with E-state index in [1.807, 2.05) is 0 Å². The third kappa shape index (κ3) is 4.12. The van der Waals surface area contributed by atoms with Crippen molar-refractivity contribution >= 4 is 40.9 Å². The molecule has 1 aliphatic heterocycles. The summed E-state index contributed by atoms with van der Waals surface area (Å²) in [5, 5.41) is 6.38. The lowest BCUT2D eigenvalue weighted by atomic mass is 10.1. The summed E-state index contributed by atoms with van der Waals surface area (Å²) in [6.45, 7) is 0.815.